The summed E-state index contributed by atoms with van der Waals surface area (Å²) in [5.74, 6) is 1.18. The molecule has 0 spiro atoms. The van der Waals surface area contributed by atoms with E-state index in [1.54, 1.807) is 5.51 Å². The van der Waals surface area contributed by atoms with Gasteiger partial charge in [0, 0.05) is 40.8 Å². The van der Waals surface area contributed by atoms with E-state index in [2.05, 4.69) is 15.2 Å². The highest BCUT2D eigenvalue weighted by Crippen LogP contribution is 2.33. The fraction of sp³-hybridized carbons (Fsp3) is 0.381. The fourth-order valence-corrected chi connectivity index (χ4v) is 4.98. The van der Waals surface area contributed by atoms with Crippen LogP contribution in [-0.4, -0.2) is 39.8 Å². The number of fused-ring (bicyclic) bond motifs is 1. The molecule has 29 heavy (non-hydrogen) atoms. The largest absolute Gasteiger partial charge is 0.465 e. The van der Waals surface area contributed by atoms with Gasteiger partial charge in [0.2, 0.25) is 0 Å². The molecule has 1 aliphatic heterocycles. The Morgan fingerprint density at radius 2 is 2.14 bits per heavy atom. The number of aromatic nitrogens is 2. The first-order valence-electron chi connectivity index (χ1n) is 9.62. The number of anilines is 1. The Bertz CT molecular complexity index is 1010. The number of hydrogen-bond donors (Lipinski definition) is 2. The van der Waals surface area contributed by atoms with Crippen LogP contribution in [0.3, 0.4) is 0 Å². The summed E-state index contributed by atoms with van der Waals surface area (Å²) < 4.78 is 0. The maximum Gasteiger partial charge on any atom is 0.405 e. The highest BCUT2D eigenvalue weighted by Gasteiger charge is 2.38. The molecule has 8 heteroatoms. The third-order valence-electron chi connectivity index (χ3n) is 5.78. The van der Waals surface area contributed by atoms with Crippen molar-refractivity contribution < 1.29 is 9.90 Å². The van der Waals surface area contributed by atoms with E-state index in [1.165, 1.54) is 11.3 Å². The minimum absolute atomic E-state index is 0.232. The molecular weight excluding hydrogens is 408 g/mol. The van der Waals surface area contributed by atoms with Gasteiger partial charge in [-0.25, -0.2) is 14.8 Å². The molecule has 1 aliphatic rings. The van der Waals surface area contributed by atoms with E-state index in [4.69, 9.17) is 16.6 Å². The van der Waals surface area contributed by atoms with Gasteiger partial charge in [-0.15, -0.1) is 11.3 Å². The predicted octanol–water partition coefficient (Wildman–Crippen LogP) is 4.83. The molecule has 2 N–H and O–H groups in total. The van der Waals surface area contributed by atoms with Crippen LogP contribution in [0.25, 0.3) is 10.9 Å². The Labute approximate surface area is 178 Å². The maximum atomic E-state index is 11.5. The maximum absolute atomic E-state index is 11.5. The molecule has 0 bridgehead atoms. The Hall–Kier alpha value is -2.38. The van der Waals surface area contributed by atoms with Gasteiger partial charge in [-0.1, -0.05) is 11.6 Å². The second-order valence-corrected chi connectivity index (χ2v) is 8.93. The lowest BCUT2D eigenvalue weighted by Gasteiger charge is -2.42. The van der Waals surface area contributed by atoms with Crippen LogP contribution in [0, 0.1) is 5.92 Å². The summed E-state index contributed by atoms with van der Waals surface area (Å²) in [5, 5.41) is 15.9. The Morgan fingerprint density at radius 3 is 2.83 bits per heavy atom. The average molecular weight is 431 g/mol. The van der Waals surface area contributed by atoms with Crippen molar-refractivity contribution in [2.24, 2.45) is 5.92 Å². The van der Waals surface area contributed by atoms with Gasteiger partial charge in [0.15, 0.2) is 0 Å². The number of benzene rings is 1. The van der Waals surface area contributed by atoms with Crippen LogP contribution in [0.15, 0.2) is 41.2 Å². The third-order valence-corrected chi connectivity index (χ3v) is 6.65. The Kier molecular flexibility index (Phi) is 5.61. The summed E-state index contributed by atoms with van der Waals surface area (Å²) in [5.41, 5.74) is 3.11. The number of nitrogens with zero attached hydrogens (tertiary/aromatic N) is 3. The first-order chi connectivity index (χ1) is 13.9. The molecule has 4 rings (SSSR count). The van der Waals surface area contributed by atoms with Crippen LogP contribution in [0.1, 0.15) is 25.5 Å². The van der Waals surface area contributed by atoms with E-state index in [-0.39, 0.29) is 5.92 Å². The normalized spacial score (nSPS) is 17.2. The lowest BCUT2D eigenvalue weighted by atomic mass is 9.76. The van der Waals surface area contributed by atoms with Crippen molar-refractivity contribution in [1.82, 2.24) is 15.3 Å². The lowest BCUT2D eigenvalue weighted by molar-refractivity contribution is 0.150. The van der Waals surface area contributed by atoms with E-state index in [0.717, 1.165) is 48.3 Å². The van der Waals surface area contributed by atoms with Gasteiger partial charge in [-0.2, -0.15) is 0 Å². The van der Waals surface area contributed by atoms with Crippen LogP contribution in [0.4, 0.5) is 10.6 Å². The molecule has 1 amide bonds. The van der Waals surface area contributed by atoms with Crippen molar-refractivity contribution in [3.05, 3.63) is 51.9 Å². The molecule has 1 fully saturated rings. The van der Waals surface area contributed by atoms with E-state index in [9.17, 15) is 9.90 Å². The Morgan fingerprint density at radius 1 is 1.34 bits per heavy atom. The zero-order valence-electron chi connectivity index (χ0n) is 16.1. The van der Waals surface area contributed by atoms with Crippen LogP contribution in [-0.2, 0) is 6.42 Å². The van der Waals surface area contributed by atoms with Crippen molar-refractivity contribution in [3.8, 4) is 0 Å². The topological polar surface area (TPSA) is 78.3 Å². The monoisotopic (exact) mass is 430 g/mol. The van der Waals surface area contributed by atoms with Crippen molar-refractivity contribution in [1.29, 1.82) is 0 Å². The summed E-state index contributed by atoms with van der Waals surface area (Å²) in [6, 6.07) is 9.79. The first-order valence-corrected chi connectivity index (χ1v) is 10.9. The van der Waals surface area contributed by atoms with E-state index >= 15 is 0 Å². The van der Waals surface area contributed by atoms with Crippen LogP contribution >= 0.6 is 22.9 Å². The van der Waals surface area contributed by atoms with Crippen molar-refractivity contribution in [2.45, 2.75) is 31.7 Å². The van der Waals surface area contributed by atoms with Crippen LogP contribution in [0.2, 0.25) is 5.02 Å². The summed E-state index contributed by atoms with van der Waals surface area (Å²) in [6.45, 7) is 3.67. The second kappa shape index (κ2) is 8.16. The number of pyridine rings is 1. The first kappa shape index (κ1) is 19.9. The molecule has 0 aliphatic carbocycles. The standard InChI is InChI=1S/C21H23ClN4O2S/c1-21(25-20(27)28,11-17-12-29-13-23-17)15-6-8-26(9-7-15)19-5-2-14-10-16(22)3-4-18(14)24-19/h2-5,10,12-13,15,25H,6-9,11H2,1H3,(H,27,28). The summed E-state index contributed by atoms with van der Waals surface area (Å²) in [7, 11) is 0. The number of halogens is 1. The molecule has 1 atom stereocenters. The number of rotatable bonds is 5. The SMILES string of the molecule is CC(Cc1cscn1)(NC(=O)O)C1CCN(c2ccc3cc(Cl)ccc3n2)CC1. The molecule has 1 unspecified atom stereocenters. The smallest absolute Gasteiger partial charge is 0.405 e. The van der Waals surface area contributed by atoms with Crippen LogP contribution in [0.5, 0.6) is 0 Å². The van der Waals surface area contributed by atoms with Crippen molar-refractivity contribution >= 4 is 45.8 Å². The molecule has 152 valence electrons. The molecule has 2 aromatic heterocycles. The molecular formula is C21H23ClN4O2S. The molecule has 0 radical (unpaired) electrons. The lowest BCUT2D eigenvalue weighted by Crippen LogP contribution is -2.55. The number of thiazole rings is 1. The Balaban J connectivity index is 1.48. The minimum atomic E-state index is -0.986. The van der Waals surface area contributed by atoms with Gasteiger partial charge in [0.05, 0.1) is 16.7 Å². The summed E-state index contributed by atoms with van der Waals surface area (Å²) in [6.07, 6.45) is 1.39. The number of carbonyl (C=O) groups is 1. The quantitative estimate of drug-likeness (QED) is 0.606. The number of carboxylic acid groups (broad SMARTS) is 1. The van der Waals surface area contributed by atoms with Gasteiger partial charge >= 0.3 is 6.09 Å². The van der Waals surface area contributed by atoms with E-state index in [0.29, 0.717) is 11.4 Å². The third kappa shape index (κ3) is 4.46. The number of piperidine rings is 1. The minimum Gasteiger partial charge on any atom is -0.465 e. The molecule has 1 aromatic carbocycles. The number of amides is 1. The highest BCUT2D eigenvalue weighted by atomic mass is 35.5. The van der Waals surface area contributed by atoms with E-state index < -0.39 is 11.6 Å². The van der Waals surface area contributed by atoms with Gasteiger partial charge in [0.1, 0.15) is 5.82 Å². The van der Waals surface area contributed by atoms with Crippen LogP contribution < -0.4 is 10.2 Å². The number of nitrogens with one attached hydrogen (secondary N) is 1. The molecule has 0 saturated carbocycles. The van der Waals surface area contributed by atoms with Gasteiger partial charge in [-0.3, -0.25) is 0 Å². The van der Waals surface area contributed by atoms with E-state index in [1.807, 2.05) is 42.6 Å². The fourth-order valence-electron chi connectivity index (χ4n) is 4.24. The molecule has 3 aromatic rings. The molecule has 1 saturated heterocycles. The van der Waals surface area contributed by atoms with Crippen molar-refractivity contribution in [2.75, 3.05) is 18.0 Å². The van der Waals surface area contributed by atoms with Gasteiger partial charge in [0.25, 0.3) is 0 Å². The van der Waals surface area contributed by atoms with Crippen molar-refractivity contribution in [3.63, 3.8) is 0 Å². The molecule has 3 heterocycles. The zero-order valence-corrected chi connectivity index (χ0v) is 17.7. The molecule has 6 nitrogen and oxygen atoms in total. The number of hydrogen-bond acceptors (Lipinski definition) is 5. The second-order valence-electron chi connectivity index (χ2n) is 7.77. The summed E-state index contributed by atoms with van der Waals surface area (Å²) in [4.78, 5) is 22.9. The summed E-state index contributed by atoms with van der Waals surface area (Å²) >= 11 is 7.60. The average Bonchev–Trinajstić information content (AvgIpc) is 3.19. The zero-order chi connectivity index (χ0) is 20.4. The predicted molar refractivity (Wildman–Crippen MR) is 117 cm³/mol. The highest BCUT2D eigenvalue weighted by molar-refractivity contribution is 7.07. The van der Waals surface area contributed by atoms with Gasteiger partial charge < -0.3 is 15.3 Å². The van der Waals surface area contributed by atoms with Gasteiger partial charge in [-0.05, 0) is 56.0 Å².